The number of nitrogens with two attached hydrogens (primary N) is 1. The van der Waals surface area contributed by atoms with Crippen molar-refractivity contribution < 1.29 is 21.6 Å². The van der Waals surface area contributed by atoms with Crippen molar-refractivity contribution in [3.05, 3.63) is 59.7 Å². The normalized spacial score (nSPS) is 12.1. The quantitative estimate of drug-likeness (QED) is 0.613. The van der Waals surface area contributed by atoms with Gasteiger partial charge in [0.1, 0.15) is 12.4 Å². The Morgan fingerprint density at radius 3 is 2.07 bits per heavy atom. The monoisotopic (exact) mass is 412 g/mol. The molecule has 0 saturated carbocycles. The molecule has 0 unspecified atom stereocenters. The lowest BCUT2D eigenvalue weighted by Crippen LogP contribution is -2.30. The summed E-state index contributed by atoms with van der Waals surface area (Å²) < 4.78 is 54.4. The molecule has 3 N–H and O–H groups in total. The SMILES string of the molecule is CCc1ccc(OCCS(=O)(=O)NCCc2ccc(S(N)(=O)=O)cc2)cc1. The highest BCUT2D eigenvalue weighted by Crippen LogP contribution is 2.12. The molecule has 0 atom stereocenters. The molecule has 0 aliphatic heterocycles. The molecule has 2 rings (SSSR count). The molecule has 7 nitrogen and oxygen atoms in total. The Balaban J connectivity index is 1.75. The first-order chi connectivity index (χ1) is 12.7. The van der Waals surface area contributed by atoms with Crippen molar-refractivity contribution in [1.29, 1.82) is 0 Å². The molecule has 0 aromatic heterocycles. The summed E-state index contributed by atoms with van der Waals surface area (Å²) in [5.74, 6) is 0.490. The van der Waals surface area contributed by atoms with Crippen LogP contribution in [0.3, 0.4) is 0 Å². The van der Waals surface area contributed by atoms with E-state index in [2.05, 4.69) is 11.6 Å². The van der Waals surface area contributed by atoms with Crippen LogP contribution in [0.5, 0.6) is 5.75 Å². The molecule has 0 amide bonds. The number of nitrogens with one attached hydrogen (secondary N) is 1. The smallest absolute Gasteiger partial charge is 0.238 e. The zero-order chi connectivity index (χ0) is 19.9. The minimum Gasteiger partial charge on any atom is -0.492 e. The number of sulfonamides is 2. The number of hydrogen-bond donors (Lipinski definition) is 2. The highest BCUT2D eigenvalue weighted by molar-refractivity contribution is 7.89. The van der Waals surface area contributed by atoms with Crippen LogP contribution in [0, 0.1) is 0 Å². The number of rotatable bonds is 10. The molecule has 2 aromatic rings. The average Bonchev–Trinajstić information content (AvgIpc) is 2.62. The maximum absolute atomic E-state index is 12.0. The van der Waals surface area contributed by atoms with Gasteiger partial charge in [0, 0.05) is 6.54 Å². The van der Waals surface area contributed by atoms with E-state index < -0.39 is 20.0 Å². The number of ether oxygens (including phenoxy) is 1. The summed E-state index contributed by atoms with van der Waals surface area (Å²) in [5.41, 5.74) is 1.99. The lowest BCUT2D eigenvalue weighted by Gasteiger charge is -2.09. The molecule has 0 radical (unpaired) electrons. The predicted molar refractivity (Wildman–Crippen MR) is 105 cm³/mol. The molecule has 0 heterocycles. The second-order valence-corrected chi connectivity index (χ2v) is 9.49. The van der Waals surface area contributed by atoms with Crippen molar-refractivity contribution in [3.8, 4) is 5.75 Å². The van der Waals surface area contributed by atoms with E-state index in [-0.39, 0.29) is 23.8 Å². The van der Waals surface area contributed by atoms with Crippen molar-refractivity contribution in [2.45, 2.75) is 24.7 Å². The topological polar surface area (TPSA) is 116 Å². The molecule has 0 fully saturated rings. The van der Waals surface area contributed by atoms with Crippen molar-refractivity contribution in [2.24, 2.45) is 5.14 Å². The molecule has 0 bridgehead atoms. The summed E-state index contributed by atoms with van der Waals surface area (Å²) in [6, 6.07) is 13.6. The van der Waals surface area contributed by atoms with Gasteiger partial charge >= 0.3 is 0 Å². The van der Waals surface area contributed by atoms with Crippen LogP contribution in [0.25, 0.3) is 0 Å². The largest absolute Gasteiger partial charge is 0.492 e. The molecule has 0 spiro atoms. The molecule has 0 aliphatic carbocycles. The predicted octanol–water partition coefficient (Wildman–Crippen LogP) is 1.44. The van der Waals surface area contributed by atoms with E-state index in [1.807, 2.05) is 24.3 Å². The molecule has 0 saturated heterocycles. The van der Waals surface area contributed by atoms with Crippen molar-refractivity contribution >= 4 is 20.0 Å². The van der Waals surface area contributed by atoms with Crippen molar-refractivity contribution in [3.63, 3.8) is 0 Å². The van der Waals surface area contributed by atoms with Gasteiger partial charge in [0.05, 0.1) is 10.6 Å². The molecule has 9 heteroatoms. The zero-order valence-corrected chi connectivity index (χ0v) is 16.7. The standard InChI is InChI=1S/C18H24N2O5S2/c1-2-15-3-7-17(8-4-15)25-13-14-26(21,22)20-12-11-16-5-9-18(10-6-16)27(19,23)24/h3-10,20H,2,11-14H2,1H3,(H2,19,23,24). The van der Waals surface area contributed by atoms with Gasteiger partial charge < -0.3 is 4.74 Å². The van der Waals surface area contributed by atoms with Gasteiger partial charge in [0.15, 0.2) is 0 Å². The Kier molecular flexibility index (Phi) is 7.37. The minimum absolute atomic E-state index is 0.0240. The van der Waals surface area contributed by atoms with Gasteiger partial charge in [-0.25, -0.2) is 26.7 Å². The zero-order valence-electron chi connectivity index (χ0n) is 15.1. The number of aryl methyl sites for hydroxylation is 1. The van der Waals surface area contributed by atoms with E-state index in [4.69, 9.17) is 9.88 Å². The molecular weight excluding hydrogens is 388 g/mol. The maximum atomic E-state index is 12.0. The van der Waals surface area contributed by atoms with E-state index in [1.165, 1.54) is 17.7 Å². The first-order valence-corrected chi connectivity index (χ1v) is 11.7. The summed E-state index contributed by atoms with van der Waals surface area (Å²) in [4.78, 5) is 0.0240. The number of hydrogen-bond acceptors (Lipinski definition) is 5. The lowest BCUT2D eigenvalue weighted by atomic mass is 10.2. The van der Waals surface area contributed by atoms with Gasteiger partial charge in [0.25, 0.3) is 0 Å². The fourth-order valence-corrected chi connectivity index (χ4v) is 3.74. The molecule has 27 heavy (non-hydrogen) atoms. The van der Waals surface area contributed by atoms with E-state index in [9.17, 15) is 16.8 Å². The van der Waals surface area contributed by atoms with E-state index >= 15 is 0 Å². The third kappa shape index (κ3) is 7.30. The highest BCUT2D eigenvalue weighted by Gasteiger charge is 2.11. The van der Waals surface area contributed by atoms with Crippen molar-refractivity contribution in [2.75, 3.05) is 18.9 Å². The second-order valence-electron chi connectivity index (χ2n) is 6.00. The summed E-state index contributed by atoms with van der Waals surface area (Å²) in [5, 5.41) is 5.04. The fraction of sp³-hybridized carbons (Fsp3) is 0.333. The third-order valence-electron chi connectivity index (χ3n) is 3.94. The van der Waals surface area contributed by atoms with Crippen LogP contribution >= 0.6 is 0 Å². The first kappa shape index (κ1) is 21.4. The van der Waals surface area contributed by atoms with Gasteiger partial charge in [0.2, 0.25) is 20.0 Å². The number of primary sulfonamides is 1. The van der Waals surface area contributed by atoms with Crippen LogP contribution in [0.15, 0.2) is 53.4 Å². The maximum Gasteiger partial charge on any atom is 0.238 e. The van der Waals surface area contributed by atoms with Crippen LogP contribution in [-0.4, -0.2) is 35.7 Å². The second kappa shape index (κ2) is 9.32. The summed E-state index contributed by atoms with van der Waals surface area (Å²) in [7, 11) is -7.18. The van der Waals surface area contributed by atoms with E-state index in [0.29, 0.717) is 12.2 Å². The van der Waals surface area contributed by atoms with E-state index in [0.717, 1.165) is 12.0 Å². The van der Waals surface area contributed by atoms with Gasteiger partial charge in [-0.1, -0.05) is 31.2 Å². The van der Waals surface area contributed by atoms with E-state index in [1.54, 1.807) is 12.1 Å². The Hall–Kier alpha value is -1.94. The van der Waals surface area contributed by atoms with Gasteiger partial charge in [-0.05, 0) is 48.2 Å². The minimum atomic E-state index is -3.73. The third-order valence-corrected chi connectivity index (χ3v) is 6.22. The summed E-state index contributed by atoms with van der Waals surface area (Å²) >= 11 is 0. The average molecular weight is 413 g/mol. The number of benzene rings is 2. The molecule has 2 aromatic carbocycles. The van der Waals surface area contributed by atoms with Crippen LogP contribution < -0.4 is 14.6 Å². The van der Waals surface area contributed by atoms with Gasteiger partial charge in [-0.2, -0.15) is 0 Å². The Morgan fingerprint density at radius 1 is 0.926 bits per heavy atom. The summed E-state index contributed by atoms with van der Waals surface area (Å²) in [6.07, 6.45) is 1.37. The Labute approximate surface area is 160 Å². The molecular formula is C18H24N2O5S2. The Bertz CT molecular complexity index is 938. The van der Waals surface area contributed by atoms with Crippen LogP contribution in [-0.2, 0) is 32.9 Å². The molecule has 148 valence electrons. The highest BCUT2D eigenvalue weighted by atomic mass is 32.2. The molecule has 0 aliphatic rings. The van der Waals surface area contributed by atoms with Crippen LogP contribution in [0.4, 0.5) is 0 Å². The first-order valence-electron chi connectivity index (χ1n) is 8.50. The van der Waals surface area contributed by atoms with Crippen LogP contribution in [0.2, 0.25) is 0 Å². The fourth-order valence-electron chi connectivity index (χ4n) is 2.36. The summed E-state index contributed by atoms with van der Waals surface area (Å²) in [6.45, 7) is 2.33. The van der Waals surface area contributed by atoms with Crippen molar-refractivity contribution in [1.82, 2.24) is 4.72 Å². The lowest BCUT2D eigenvalue weighted by molar-refractivity contribution is 0.340. The Morgan fingerprint density at radius 2 is 1.52 bits per heavy atom. The van der Waals surface area contributed by atoms with Gasteiger partial charge in [-0.15, -0.1) is 0 Å². The van der Waals surface area contributed by atoms with Crippen LogP contribution in [0.1, 0.15) is 18.1 Å². The van der Waals surface area contributed by atoms with Gasteiger partial charge in [-0.3, -0.25) is 0 Å².